The van der Waals surface area contributed by atoms with Gasteiger partial charge < -0.3 is 15.0 Å². The van der Waals surface area contributed by atoms with Gasteiger partial charge in [-0.1, -0.05) is 35.9 Å². The summed E-state index contributed by atoms with van der Waals surface area (Å²) in [5.74, 6) is 0.372. The van der Waals surface area contributed by atoms with Crippen molar-refractivity contribution in [2.24, 2.45) is 5.92 Å². The highest BCUT2D eigenvalue weighted by Crippen LogP contribution is 2.36. The molecule has 1 aliphatic carbocycles. The summed E-state index contributed by atoms with van der Waals surface area (Å²) in [5.41, 5.74) is 2.34. The highest BCUT2D eigenvalue weighted by molar-refractivity contribution is 6.30. The van der Waals surface area contributed by atoms with Crippen LogP contribution in [0.25, 0.3) is 0 Å². The van der Waals surface area contributed by atoms with Gasteiger partial charge in [-0.2, -0.15) is 0 Å². The van der Waals surface area contributed by atoms with Gasteiger partial charge >= 0.3 is 6.03 Å². The zero-order valence-corrected chi connectivity index (χ0v) is 20.8. The van der Waals surface area contributed by atoms with Crippen LogP contribution in [0.1, 0.15) is 36.5 Å². The standard InChI is InChI=1S/C27H30ClN3O4/c1-17-13-21(28)7-8-23(17)35-16-24(32)30-11-9-20(10-12-30)27(2)25(33)31(26(34)29-27)22-14-18-5-3-4-6-19(18)15-22/h3-8,13,20,22H,9-12,14-16H2,1-2H3,(H,29,34)/t27-/m0/s1. The summed E-state index contributed by atoms with van der Waals surface area (Å²) in [6.07, 6.45) is 2.69. The topological polar surface area (TPSA) is 79.0 Å². The predicted octanol–water partition coefficient (Wildman–Crippen LogP) is 3.74. The number of hydrogen-bond acceptors (Lipinski definition) is 4. The second-order valence-electron chi connectivity index (χ2n) is 9.99. The van der Waals surface area contributed by atoms with Crippen molar-refractivity contribution in [2.45, 2.75) is 51.1 Å². The van der Waals surface area contributed by atoms with Crippen molar-refractivity contribution < 1.29 is 19.1 Å². The van der Waals surface area contributed by atoms with Crippen LogP contribution < -0.4 is 10.1 Å². The number of likely N-dealkylation sites (tertiary alicyclic amines) is 1. The van der Waals surface area contributed by atoms with Gasteiger partial charge in [0.05, 0.1) is 0 Å². The Bertz CT molecular complexity index is 1150. The molecule has 7 nitrogen and oxygen atoms in total. The summed E-state index contributed by atoms with van der Waals surface area (Å²) in [6.45, 7) is 4.73. The molecular formula is C27H30ClN3O4. The number of piperidine rings is 1. The number of hydrogen-bond donors (Lipinski definition) is 1. The van der Waals surface area contributed by atoms with E-state index in [4.69, 9.17) is 16.3 Å². The lowest BCUT2D eigenvalue weighted by Gasteiger charge is -2.39. The Morgan fingerprint density at radius 3 is 2.40 bits per heavy atom. The van der Waals surface area contributed by atoms with Gasteiger partial charge in [0.25, 0.3) is 11.8 Å². The molecule has 0 radical (unpaired) electrons. The van der Waals surface area contributed by atoms with Crippen molar-refractivity contribution in [1.29, 1.82) is 0 Å². The number of carbonyl (C=O) groups excluding carboxylic acids is 3. The number of carbonyl (C=O) groups is 3. The molecule has 8 heteroatoms. The Balaban J connectivity index is 1.18. The lowest BCUT2D eigenvalue weighted by Crippen LogP contribution is -2.55. The van der Waals surface area contributed by atoms with E-state index < -0.39 is 5.54 Å². The quantitative estimate of drug-likeness (QED) is 0.641. The van der Waals surface area contributed by atoms with E-state index in [1.807, 2.05) is 26.0 Å². The first-order chi connectivity index (χ1) is 16.8. The fourth-order valence-corrected chi connectivity index (χ4v) is 5.94. The van der Waals surface area contributed by atoms with Crippen LogP contribution in [0.5, 0.6) is 5.75 Å². The molecule has 0 bridgehead atoms. The van der Waals surface area contributed by atoms with Crippen LogP contribution in [0.2, 0.25) is 5.02 Å². The molecule has 3 aliphatic rings. The molecule has 2 aromatic rings. The van der Waals surface area contributed by atoms with Crippen LogP contribution in [-0.4, -0.2) is 58.9 Å². The number of rotatable bonds is 5. The van der Waals surface area contributed by atoms with Crippen LogP contribution in [-0.2, 0) is 22.4 Å². The summed E-state index contributed by atoms with van der Waals surface area (Å²) >= 11 is 5.98. The van der Waals surface area contributed by atoms with Gasteiger partial charge in [0.2, 0.25) is 0 Å². The number of nitrogens with one attached hydrogen (secondary N) is 1. The van der Waals surface area contributed by atoms with Crippen molar-refractivity contribution in [1.82, 2.24) is 15.1 Å². The van der Waals surface area contributed by atoms with Gasteiger partial charge in [-0.25, -0.2) is 4.79 Å². The monoisotopic (exact) mass is 495 g/mol. The maximum Gasteiger partial charge on any atom is 0.325 e. The van der Waals surface area contributed by atoms with E-state index in [2.05, 4.69) is 17.4 Å². The summed E-state index contributed by atoms with van der Waals surface area (Å²) in [4.78, 5) is 42.4. The average Bonchev–Trinajstić information content (AvgIpc) is 3.36. The average molecular weight is 496 g/mol. The summed E-state index contributed by atoms with van der Waals surface area (Å²) in [7, 11) is 0. The van der Waals surface area contributed by atoms with Gasteiger partial charge in [-0.15, -0.1) is 0 Å². The fraction of sp³-hybridized carbons (Fsp3) is 0.444. The number of aryl methyl sites for hydroxylation is 1. The Morgan fingerprint density at radius 2 is 1.77 bits per heavy atom. The SMILES string of the molecule is Cc1cc(Cl)ccc1OCC(=O)N1CCC([C@]2(C)NC(=O)N(C3Cc4ccccc4C3)C2=O)CC1. The van der Waals surface area contributed by atoms with Crippen molar-refractivity contribution in [2.75, 3.05) is 19.7 Å². The van der Waals surface area contributed by atoms with Gasteiger partial charge in [-0.3, -0.25) is 14.5 Å². The molecule has 0 saturated carbocycles. The van der Waals surface area contributed by atoms with Crippen LogP contribution in [0, 0.1) is 12.8 Å². The molecule has 2 aliphatic heterocycles. The first kappa shape index (κ1) is 23.7. The molecule has 2 aromatic carbocycles. The van der Waals surface area contributed by atoms with Crippen LogP contribution >= 0.6 is 11.6 Å². The number of urea groups is 1. The van der Waals surface area contributed by atoms with Gasteiger partial charge in [-0.05, 0) is 80.3 Å². The maximum atomic E-state index is 13.5. The molecule has 0 unspecified atom stereocenters. The van der Waals surface area contributed by atoms with E-state index >= 15 is 0 Å². The molecule has 1 atom stereocenters. The van der Waals surface area contributed by atoms with Crippen molar-refractivity contribution in [3.05, 3.63) is 64.2 Å². The van der Waals surface area contributed by atoms with Crippen molar-refractivity contribution in [3.63, 3.8) is 0 Å². The first-order valence-corrected chi connectivity index (χ1v) is 12.5. The normalized spacial score (nSPS) is 22.9. The second kappa shape index (κ2) is 9.19. The van der Waals surface area contributed by atoms with Crippen LogP contribution in [0.3, 0.4) is 0 Å². The highest BCUT2D eigenvalue weighted by Gasteiger charge is 2.55. The minimum Gasteiger partial charge on any atom is -0.483 e. The number of imide groups is 1. The van der Waals surface area contributed by atoms with Crippen molar-refractivity contribution >= 4 is 29.4 Å². The molecule has 184 valence electrons. The molecule has 2 saturated heterocycles. The number of ether oxygens (including phenoxy) is 1. The summed E-state index contributed by atoms with van der Waals surface area (Å²) < 4.78 is 5.71. The van der Waals surface area contributed by atoms with Gasteiger partial charge in [0.15, 0.2) is 6.61 Å². The Kier molecular flexibility index (Phi) is 6.21. The van der Waals surface area contributed by atoms with Crippen LogP contribution in [0.4, 0.5) is 4.79 Å². The van der Waals surface area contributed by atoms with Gasteiger partial charge in [0.1, 0.15) is 11.3 Å². The lowest BCUT2D eigenvalue weighted by molar-refractivity contribution is -0.137. The molecule has 0 spiro atoms. The zero-order chi connectivity index (χ0) is 24.7. The van der Waals surface area contributed by atoms with E-state index in [0.29, 0.717) is 49.5 Å². The molecule has 0 aromatic heterocycles. The molecule has 5 rings (SSSR count). The summed E-state index contributed by atoms with van der Waals surface area (Å²) in [5, 5.41) is 3.63. The molecule has 2 heterocycles. The van der Waals surface area contributed by atoms with E-state index in [9.17, 15) is 14.4 Å². The third kappa shape index (κ3) is 4.38. The number of amides is 4. The van der Waals surface area contributed by atoms with E-state index in [-0.39, 0.29) is 36.4 Å². The molecule has 2 fully saturated rings. The minimum absolute atomic E-state index is 0.0313. The van der Waals surface area contributed by atoms with E-state index in [1.54, 1.807) is 23.1 Å². The highest BCUT2D eigenvalue weighted by atomic mass is 35.5. The van der Waals surface area contributed by atoms with Crippen LogP contribution in [0.15, 0.2) is 42.5 Å². The Hall–Kier alpha value is -3.06. The third-order valence-corrected chi connectivity index (χ3v) is 8.03. The fourth-order valence-electron chi connectivity index (χ4n) is 5.72. The third-order valence-electron chi connectivity index (χ3n) is 7.80. The number of halogens is 1. The van der Waals surface area contributed by atoms with E-state index in [0.717, 1.165) is 5.56 Å². The molecular weight excluding hydrogens is 466 g/mol. The number of nitrogens with zero attached hydrogens (tertiary/aromatic N) is 2. The second-order valence-corrected chi connectivity index (χ2v) is 10.4. The number of benzene rings is 2. The van der Waals surface area contributed by atoms with Crippen molar-refractivity contribution in [3.8, 4) is 5.75 Å². The summed E-state index contributed by atoms with van der Waals surface area (Å²) in [6, 6.07) is 13.0. The van der Waals surface area contributed by atoms with E-state index in [1.165, 1.54) is 16.0 Å². The number of fused-ring (bicyclic) bond motifs is 1. The smallest absolute Gasteiger partial charge is 0.325 e. The lowest BCUT2D eigenvalue weighted by atomic mass is 9.78. The molecule has 35 heavy (non-hydrogen) atoms. The molecule has 4 amide bonds. The minimum atomic E-state index is -0.947. The first-order valence-electron chi connectivity index (χ1n) is 12.2. The largest absolute Gasteiger partial charge is 0.483 e. The maximum absolute atomic E-state index is 13.5. The predicted molar refractivity (Wildman–Crippen MR) is 132 cm³/mol. The Morgan fingerprint density at radius 1 is 1.11 bits per heavy atom. The van der Waals surface area contributed by atoms with Gasteiger partial charge in [0, 0.05) is 24.2 Å². The molecule has 1 N–H and O–H groups in total. The zero-order valence-electron chi connectivity index (χ0n) is 20.1. The Labute approximate surface area is 210 Å².